The van der Waals surface area contributed by atoms with Crippen LogP contribution in [-0.2, 0) is 0 Å². The van der Waals surface area contributed by atoms with Gasteiger partial charge < -0.3 is 0 Å². The molecule has 134 valence electrons. The van der Waals surface area contributed by atoms with Gasteiger partial charge in [0, 0.05) is 0 Å². The minimum atomic E-state index is 1.10. The van der Waals surface area contributed by atoms with Crippen molar-refractivity contribution in [2.24, 2.45) is 29.6 Å². The Hall–Kier alpha value is 0. The van der Waals surface area contributed by atoms with Crippen LogP contribution in [-0.4, -0.2) is 0 Å². The van der Waals surface area contributed by atoms with Gasteiger partial charge >= 0.3 is 0 Å². The summed E-state index contributed by atoms with van der Waals surface area (Å²) in [5, 5.41) is 0. The average molecular weight is 319 g/mol. The van der Waals surface area contributed by atoms with E-state index in [0.29, 0.717) is 0 Å². The lowest BCUT2D eigenvalue weighted by atomic mass is 9.68. The van der Waals surface area contributed by atoms with E-state index in [2.05, 4.69) is 6.92 Å². The van der Waals surface area contributed by atoms with Crippen LogP contribution in [0.5, 0.6) is 0 Å². The molecule has 0 N–H and O–H groups in total. The molecule has 0 heteroatoms. The third-order valence-electron chi connectivity index (χ3n) is 7.72. The molecule has 3 fully saturated rings. The SMILES string of the molecule is CCCCC(CCCCC1CC(CCC2CCC2)C1)C1CCC1. The molecule has 0 aliphatic heterocycles. The van der Waals surface area contributed by atoms with Gasteiger partial charge in [0.2, 0.25) is 0 Å². The lowest BCUT2D eigenvalue weighted by Crippen LogP contribution is -2.25. The minimum Gasteiger partial charge on any atom is -0.0654 e. The van der Waals surface area contributed by atoms with E-state index < -0.39 is 0 Å². The molecule has 0 saturated heterocycles. The predicted octanol–water partition coefficient (Wildman–Crippen LogP) is 7.76. The second kappa shape index (κ2) is 9.47. The second-order valence-electron chi connectivity index (χ2n) is 9.46. The summed E-state index contributed by atoms with van der Waals surface area (Å²) in [6, 6.07) is 0. The van der Waals surface area contributed by atoms with Crippen molar-refractivity contribution in [2.45, 2.75) is 116 Å². The van der Waals surface area contributed by atoms with Crippen LogP contribution in [0.25, 0.3) is 0 Å². The molecule has 3 aliphatic carbocycles. The highest BCUT2D eigenvalue weighted by Crippen LogP contribution is 2.43. The van der Waals surface area contributed by atoms with Crippen LogP contribution in [0.1, 0.15) is 116 Å². The van der Waals surface area contributed by atoms with Crippen molar-refractivity contribution >= 4 is 0 Å². The van der Waals surface area contributed by atoms with E-state index in [4.69, 9.17) is 0 Å². The third kappa shape index (κ3) is 5.50. The maximum Gasteiger partial charge on any atom is -0.0386 e. The number of rotatable bonds is 12. The van der Waals surface area contributed by atoms with Crippen molar-refractivity contribution < 1.29 is 0 Å². The smallest absolute Gasteiger partial charge is 0.0386 e. The van der Waals surface area contributed by atoms with Crippen LogP contribution in [0.15, 0.2) is 0 Å². The predicted molar refractivity (Wildman–Crippen MR) is 102 cm³/mol. The molecule has 0 nitrogen and oxygen atoms in total. The standard InChI is InChI=1S/C23H42/c1-2-3-11-22(23-13-7-14-23)12-5-4-8-20-17-21(18-20)16-15-19-9-6-10-19/h19-23H,2-18H2,1H3. The Labute approximate surface area is 146 Å². The summed E-state index contributed by atoms with van der Waals surface area (Å²) in [5.41, 5.74) is 0. The Kier molecular flexibility index (Phi) is 7.34. The lowest BCUT2D eigenvalue weighted by Gasteiger charge is -2.38. The van der Waals surface area contributed by atoms with Crippen LogP contribution in [0, 0.1) is 29.6 Å². The van der Waals surface area contributed by atoms with E-state index in [1.807, 2.05) is 0 Å². The largest absolute Gasteiger partial charge is 0.0654 e. The van der Waals surface area contributed by atoms with Crippen LogP contribution in [0.2, 0.25) is 0 Å². The fraction of sp³-hybridized carbons (Fsp3) is 1.00. The Morgan fingerprint density at radius 1 is 0.696 bits per heavy atom. The molecular formula is C23H42. The van der Waals surface area contributed by atoms with E-state index >= 15 is 0 Å². The molecule has 1 unspecified atom stereocenters. The van der Waals surface area contributed by atoms with Crippen molar-refractivity contribution in [3.05, 3.63) is 0 Å². The van der Waals surface area contributed by atoms with Gasteiger partial charge in [0.15, 0.2) is 0 Å². The van der Waals surface area contributed by atoms with Gasteiger partial charge in [-0.2, -0.15) is 0 Å². The molecule has 0 aromatic rings. The molecule has 0 radical (unpaired) electrons. The summed E-state index contributed by atoms with van der Waals surface area (Å²) in [7, 11) is 0. The number of hydrogen-bond acceptors (Lipinski definition) is 0. The Morgan fingerprint density at radius 3 is 1.96 bits per heavy atom. The van der Waals surface area contributed by atoms with E-state index in [-0.39, 0.29) is 0 Å². The molecule has 3 rings (SSSR count). The van der Waals surface area contributed by atoms with Gasteiger partial charge in [-0.15, -0.1) is 0 Å². The quantitative estimate of drug-likeness (QED) is 0.322. The molecule has 0 amide bonds. The fourth-order valence-corrected chi connectivity index (χ4v) is 5.43. The second-order valence-corrected chi connectivity index (χ2v) is 9.46. The molecule has 0 aromatic carbocycles. The molecule has 0 spiro atoms. The molecular weight excluding hydrogens is 276 g/mol. The van der Waals surface area contributed by atoms with Crippen molar-refractivity contribution in [1.82, 2.24) is 0 Å². The first-order valence-electron chi connectivity index (χ1n) is 11.3. The zero-order valence-electron chi connectivity index (χ0n) is 15.9. The van der Waals surface area contributed by atoms with Gasteiger partial charge in [0.25, 0.3) is 0 Å². The maximum atomic E-state index is 2.36. The minimum absolute atomic E-state index is 1.10. The number of hydrogen-bond donors (Lipinski definition) is 0. The fourth-order valence-electron chi connectivity index (χ4n) is 5.43. The first-order valence-corrected chi connectivity index (χ1v) is 11.3. The van der Waals surface area contributed by atoms with E-state index in [1.54, 1.807) is 64.2 Å². The van der Waals surface area contributed by atoms with Crippen molar-refractivity contribution in [3.63, 3.8) is 0 Å². The van der Waals surface area contributed by atoms with E-state index in [9.17, 15) is 0 Å². The summed E-state index contributed by atoms with van der Waals surface area (Å²) >= 11 is 0. The average Bonchev–Trinajstić information content (AvgIpc) is 2.40. The Balaban J connectivity index is 1.18. The molecule has 23 heavy (non-hydrogen) atoms. The highest BCUT2D eigenvalue weighted by atomic mass is 14.4. The third-order valence-corrected chi connectivity index (χ3v) is 7.72. The van der Waals surface area contributed by atoms with Crippen molar-refractivity contribution in [1.29, 1.82) is 0 Å². The van der Waals surface area contributed by atoms with Crippen LogP contribution < -0.4 is 0 Å². The monoisotopic (exact) mass is 318 g/mol. The van der Waals surface area contributed by atoms with Gasteiger partial charge in [-0.1, -0.05) is 103 Å². The molecule has 0 bridgehead atoms. The summed E-state index contributed by atoms with van der Waals surface area (Å²) in [4.78, 5) is 0. The van der Waals surface area contributed by atoms with Crippen molar-refractivity contribution in [3.8, 4) is 0 Å². The van der Waals surface area contributed by atoms with Gasteiger partial charge in [0.05, 0.1) is 0 Å². The van der Waals surface area contributed by atoms with Gasteiger partial charge in [-0.25, -0.2) is 0 Å². The van der Waals surface area contributed by atoms with Crippen LogP contribution in [0.4, 0.5) is 0 Å². The normalized spacial score (nSPS) is 29.6. The summed E-state index contributed by atoms with van der Waals surface area (Å²) in [5.74, 6) is 5.62. The zero-order chi connectivity index (χ0) is 15.9. The lowest BCUT2D eigenvalue weighted by molar-refractivity contribution is 0.143. The van der Waals surface area contributed by atoms with Gasteiger partial charge in [-0.3, -0.25) is 0 Å². The first-order chi connectivity index (χ1) is 11.3. The summed E-state index contributed by atoms with van der Waals surface area (Å²) in [6.45, 7) is 2.36. The molecule has 0 aromatic heterocycles. The van der Waals surface area contributed by atoms with Crippen molar-refractivity contribution in [2.75, 3.05) is 0 Å². The highest BCUT2D eigenvalue weighted by Gasteiger charge is 2.30. The highest BCUT2D eigenvalue weighted by molar-refractivity contribution is 4.82. The molecule has 3 aliphatic rings. The summed E-state index contributed by atoms with van der Waals surface area (Å²) in [6.07, 6.45) is 26.2. The maximum absolute atomic E-state index is 2.36. The molecule has 3 saturated carbocycles. The van der Waals surface area contributed by atoms with Gasteiger partial charge in [-0.05, 0) is 42.4 Å². The van der Waals surface area contributed by atoms with E-state index in [1.165, 1.54) is 44.9 Å². The summed E-state index contributed by atoms with van der Waals surface area (Å²) < 4.78 is 0. The van der Waals surface area contributed by atoms with E-state index in [0.717, 1.165) is 29.6 Å². The Bertz CT molecular complexity index is 306. The van der Waals surface area contributed by atoms with Crippen LogP contribution >= 0.6 is 0 Å². The molecule has 1 atom stereocenters. The van der Waals surface area contributed by atoms with Gasteiger partial charge in [0.1, 0.15) is 0 Å². The number of unbranched alkanes of at least 4 members (excludes halogenated alkanes) is 2. The zero-order valence-corrected chi connectivity index (χ0v) is 15.9. The molecule has 0 heterocycles. The topological polar surface area (TPSA) is 0 Å². The Morgan fingerprint density at radius 2 is 1.35 bits per heavy atom. The first kappa shape index (κ1) is 17.8. The van der Waals surface area contributed by atoms with Crippen LogP contribution in [0.3, 0.4) is 0 Å².